The number of hydrogen-bond donors (Lipinski definition) is 3. The highest BCUT2D eigenvalue weighted by molar-refractivity contribution is 5.82. The van der Waals surface area contributed by atoms with E-state index in [0.717, 1.165) is 62.9 Å². The monoisotopic (exact) mass is 455 g/mol. The zero-order valence-corrected chi connectivity index (χ0v) is 18.7. The summed E-state index contributed by atoms with van der Waals surface area (Å²) < 4.78 is 1.69. The molecular formula is C24H25N9O. The average Bonchev–Trinajstić information content (AvgIpc) is 3.53. The Kier molecular flexibility index (Phi) is 5.11. The molecule has 2 aliphatic rings. The lowest BCUT2D eigenvalue weighted by Gasteiger charge is -2.29. The van der Waals surface area contributed by atoms with Crippen molar-refractivity contribution in [3.05, 3.63) is 46.4 Å². The molecule has 3 aromatic heterocycles. The van der Waals surface area contributed by atoms with Gasteiger partial charge in [0.1, 0.15) is 17.3 Å². The van der Waals surface area contributed by atoms with Crippen LogP contribution in [0.15, 0.2) is 35.3 Å². The van der Waals surface area contributed by atoms with Gasteiger partial charge in [0.25, 0.3) is 5.56 Å². The second-order valence-corrected chi connectivity index (χ2v) is 8.90. The Morgan fingerprint density at radius 1 is 1.12 bits per heavy atom. The lowest BCUT2D eigenvalue weighted by molar-refractivity contribution is 0.515. The molecule has 10 heteroatoms. The Bertz CT molecular complexity index is 1470. The van der Waals surface area contributed by atoms with Crippen molar-refractivity contribution >= 4 is 39.7 Å². The first-order valence-electron chi connectivity index (χ1n) is 11.7. The number of rotatable bonds is 4. The van der Waals surface area contributed by atoms with E-state index in [9.17, 15) is 10.1 Å². The third-order valence-corrected chi connectivity index (χ3v) is 6.76. The summed E-state index contributed by atoms with van der Waals surface area (Å²) in [6, 6.07) is 9.87. The molecular weight excluding hydrogens is 430 g/mol. The Labute approximate surface area is 195 Å². The first-order valence-corrected chi connectivity index (χ1v) is 11.7. The molecule has 0 amide bonds. The van der Waals surface area contributed by atoms with Gasteiger partial charge in [0.05, 0.1) is 11.0 Å². The molecule has 1 aliphatic heterocycles. The van der Waals surface area contributed by atoms with Crippen LogP contribution in [0.3, 0.4) is 0 Å². The topological polar surface area (TPSA) is 128 Å². The predicted octanol–water partition coefficient (Wildman–Crippen LogP) is 2.81. The molecule has 0 spiro atoms. The quantitative estimate of drug-likeness (QED) is 0.429. The van der Waals surface area contributed by atoms with Gasteiger partial charge in [-0.2, -0.15) is 10.2 Å². The number of imidazole rings is 1. The number of anilines is 3. The molecule has 0 atom stereocenters. The summed E-state index contributed by atoms with van der Waals surface area (Å²) in [6.45, 7) is 3.92. The molecule has 4 heterocycles. The highest BCUT2D eigenvalue weighted by atomic mass is 16.1. The van der Waals surface area contributed by atoms with Gasteiger partial charge >= 0.3 is 0 Å². The van der Waals surface area contributed by atoms with Crippen LogP contribution in [-0.2, 0) is 0 Å². The molecule has 1 saturated heterocycles. The van der Waals surface area contributed by atoms with Crippen molar-refractivity contribution in [3.8, 4) is 6.07 Å². The molecule has 1 aliphatic carbocycles. The number of nitriles is 1. The molecule has 34 heavy (non-hydrogen) atoms. The summed E-state index contributed by atoms with van der Waals surface area (Å²) in [5.41, 5.74) is 3.34. The second-order valence-electron chi connectivity index (χ2n) is 8.90. The second kappa shape index (κ2) is 8.43. The largest absolute Gasteiger partial charge is 0.369 e. The van der Waals surface area contributed by atoms with Crippen molar-refractivity contribution in [2.45, 2.75) is 31.7 Å². The minimum Gasteiger partial charge on any atom is -0.369 e. The highest BCUT2D eigenvalue weighted by Gasteiger charge is 2.23. The zero-order valence-electron chi connectivity index (χ0n) is 18.7. The SMILES string of the molecule is N#Cc1cc2cnc(Nc3nc4ccc(N5CCNCC5)cc4[nH]3)nc2n(C2CCCC2)c1=O. The van der Waals surface area contributed by atoms with Crippen molar-refractivity contribution in [2.24, 2.45) is 0 Å². The number of piperazine rings is 1. The van der Waals surface area contributed by atoms with Gasteiger partial charge in [-0.25, -0.2) is 9.97 Å². The van der Waals surface area contributed by atoms with Crippen LogP contribution in [-0.4, -0.2) is 50.7 Å². The van der Waals surface area contributed by atoms with E-state index in [0.29, 0.717) is 22.9 Å². The van der Waals surface area contributed by atoms with Gasteiger partial charge in [-0.15, -0.1) is 0 Å². The van der Waals surface area contributed by atoms with Crippen LogP contribution in [0.1, 0.15) is 37.3 Å². The smallest absolute Gasteiger partial charge is 0.270 e. The number of nitrogens with one attached hydrogen (secondary N) is 3. The van der Waals surface area contributed by atoms with E-state index in [2.05, 4.69) is 47.6 Å². The fourth-order valence-corrected chi connectivity index (χ4v) is 5.04. The Morgan fingerprint density at radius 2 is 1.94 bits per heavy atom. The maximum Gasteiger partial charge on any atom is 0.270 e. The molecule has 0 bridgehead atoms. The lowest BCUT2D eigenvalue weighted by Crippen LogP contribution is -2.43. The molecule has 3 N–H and O–H groups in total. The van der Waals surface area contributed by atoms with Crippen molar-refractivity contribution in [1.82, 2.24) is 29.8 Å². The van der Waals surface area contributed by atoms with Crippen molar-refractivity contribution in [1.29, 1.82) is 5.26 Å². The van der Waals surface area contributed by atoms with Crippen LogP contribution in [0.2, 0.25) is 0 Å². The molecule has 1 saturated carbocycles. The van der Waals surface area contributed by atoms with E-state index in [1.54, 1.807) is 16.8 Å². The summed E-state index contributed by atoms with van der Waals surface area (Å²) in [6.07, 6.45) is 5.62. The average molecular weight is 456 g/mol. The lowest BCUT2D eigenvalue weighted by atomic mass is 10.2. The zero-order chi connectivity index (χ0) is 23.1. The number of H-pyrrole nitrogens is 1. The van der Waals surface area contributed by atoms with Gasteiger partial charge in [0.2, 0.25) is 11.9 Å². The minimum absolute atomic E-state index is 0.0562. The van der Waals surface area contributed by atoms with Gasteiger partial charge in [0.15, 0.2) is 0 Å². The van der Waals surface area contributed by atoms with Crippen molar-refractivity contribution in [2.75, 3.05) is 36.4 Å². The fraction of sp³-hybridized carbons (Fsp3) is 0.375. The van der Waals surface area contributed by atoms with E-state index in [4.69, 9.17) is 0 Å². The number of aromatic nitrogens is 5. The Hall–Kier alpha value is -3.97. The van der Waals surface area contributed by atoms with Gasteiger partial charge in [0, 0.05) is 49.5 Å². The third kappa shape index (κ3) is 3.64. The van der Waals surface area contributed by atoms with Gasteiger partial charge in [-0.3, -0.25) is 14.7 Å². The summed E-state index contributed by atoms with van der Waals surface area (Å²) in [7, 11) is 0. The van der Waals surface area contributed by atoms with Crippen LogP contribution in [0.25, 0.3) is 22.1 Å². The molecule has 0 radical (unpaired) electrons. The van der Waals surface area contributed by atoms with E-state index in [1.807, 2.05) is 12.1 Å². The predicted molar refractivity (Wildman–Crippen MR) is 130 cm³/mol. The number of nitrogens with zero attached hydrogens (tertiary/aromatic N) is 6. The highest BCUT2D eigenvalue weighted by Crippen LogP contribution is 2.31. The Morgan fingerprint density at radius 3 is 2.74 bits per heavy atom. The maximum absolute atomic E-state index is 13.0. The maximum atomic E-state index is 13.0. The van der Waals surface area contributed by atoms with Crippen LogP contribution in [0, 0.1) is 11.3 Å². The number of hydrogen-bond acceptors (Lipinski definition) is 8. The molecule has 0 unspecified atom stereocenters. The Balaban J connectivity index is 1.35. The first-order chi connectivity index (χ1) is 16.7. The van der Waals surface area contributed by atoms with Crippen LogP contribution in [0.4, 0.5) is 17.6 Å². The minimum atomic E-state index is -0.282. The normalized spacial score (nSPS) is 16.9. The molecule has 1 aromatic carbocycles. The summed E-state index contributed by atoms with van der Waals surface area (Å²) in [5, 5.41) is 16.6. The number of aromatic amines is 1. The molecule has 2 fully saturated rings. The molecule has 4 aromatic rings. The number of benzene rings is 1. The van der Waals surface area contributed by atoms with Crippen LogP contribution < -0.4 is 21.1 Å². The molecule has 172 valence electrons. The van der Waals surface area contributed by atoms with Crippen LogP contribution in [0.5, 0.6) is 0 Å². The summed E-state index contributed by atoms with van der Waals surface area (Å²) >= 11 is 0. The van der Waals surface area contributed by atoms with Gasteiger partial charge < -0.3 is 15.2 Å². The summed E-state index contributed by atoms with van der Waals surface area (Å²) in [5.74, 6) is 0.889. The van der Waals surface area contributed by atoms with Crippen molar-refractivity contribution in [3.63, 3.8) is 0 Å². The van der Waals surface area contributed by atoms with E-state index < -0.39 is 0 Å². The number of fused-ring (bicyclic) bond motifs is 2. The third-order valence-electron chi connectivity index (χ3n) is 6.76. The van der Waals surface area contributed by atoms with Gasteiger partial charge in [-0.05, 0) is 37.1 Å². The number of pyridine rings is 1. The van der Waals surface area contributed by atoms with Gasteiger partial charge in [-0.1, -0.05) is 12.8 Å². The standard InChI is InChI=1S/C24H25N9O/c25-13-15-11-16-14-27-23(30-21(16)33(22(15)34)17-3-1-2-4-17)31-24-28-19-6-5-18(12-20(19)29-24)32-9-7-26-8-10-32/h5-6,11-12,14,17,26H,1-4,7-10H2,(H2,27,28,29,30,31). The summed E-state index contributed by atoms with van der Waals surface area (Å²) in [4.78, 5) is 32.4. The fourth-order valence-electron chi connectivity index (χ4n) is 5.04. The van der Waals surface area contributed by atoms with E-state index in [-0.39, 0.29) is 17.2 Å². The first kappa shape index (κ1) is 20.6. The molecule has 6 rings (SSSR count). The van der Waals surface area contributed by atoms with E-state index in [1.165, 1.54) is 5.69 Å². The van der Waals surface area contributed by atoms with Crippen LogP contribution >= 0.6 is 0 Å². The van der Waals surface area contributed by atoms with E-state index >= 15 is 0 Å². The molecule has 10 nitrogen and oxygen atoms in total. The van der Waals surface area contributed by atoms with Crippen molar-refractivity contribution < 1.29 is 0 Å².